The van der Waals surface area contributed by atoms with Crippen molar-refractivity contribution in [3.8, 4) is 5.75 Å². The molecule has 0 bridgehead atoms. The topological polar surface area (TPSA) is 54.9 Å². The first-order chi connectivity index (χ1) is 11.7. The van der Waals surface area contributed by atoms with Crippen LogP contribution in [0.25, 0.3) is 0 Å². The van der Waals surface area contributed by atoms with Gasteiger partial charge >= 0.3 is 0 Å². The molecule has 0 saturated carbocycles. The Labute approximate surface area is 173 Å². The minimum Gasteiger partial charge on any atom is -0.491 e. The average Bonchev–Trinajstić information content (AvgIpc) is 2.59. The Kier molecular flexibility index (Phi) is 15.2. The lowest BCUT2D eigenvalue weighted by molar-refractivity contribution is 0.110. The molecule has 0 radical (unpaired) electrons. The highest BCUT2D eigenvalue weighted by atomic mass is 127. The van der Waals surface area contributed by atoms with Crippen LogP contribution >= 0.6 is 35.7 Å². The molecule has 0 unspecified atom stereocenters. The van der Waals surface area contributed by atoms with E-state index in [1.165, 1.54) is 5.56 Å². The van der Waals surface area contributed by atoms with Crippen LogP contribution in [0.4, 0.5) is 0 Å². The van der Waals surface area contributed by atoms with Gasteiger partial charge in [0.25, 0.3) is 0 Å². The summed E-state index contributed by atoms with van der Waals surface area (Å²) in [7, 11) is 1.79. The lowest BCUT2D eigenvalue weighted by Crippen LogP contribution is -2.37. The Hall–Kier alpha value is -0.670. The van der Waals surface area contributed by atoms with Crippen molar-refractivity contribution < 1.29 is 9.47 Å². The Morgan fingerprint density at radius 2 is 2.04 bits per heavy atom. The number of nitrogens with zero attached hydrogens (tertiary/aromatic N) is 1. The maximum absolute atomic E-state index is 5.87. The fourth-order valence-corrected chi connectivity index (χ4v) is 2.55. The van der Waals surface area contributed by atoms with Gasteiger partial charge in [0.1, 0.15) is 12.4 Å². The van der Waals surface area contributed by atoms with E-state index in [9.17, 15) is 0 Å². The van der Waals surface area contributed by atoms with Crippen LogP contribution in [0.3, 0.4) is 0 Å². The van der Waals surface area contributed by atoms with Gasteiger partial charge < -0.3 is 20.1 Å². The Morgan fingerprint density at radius 1 is 1.24 bits per heavy atom. The third-order valence-electron chi connectivity index (χ3n) is 3.40. The number of aryl methyl sites for hydroxylation is 1. The van der Waals surface area contributed by atoms with Crippen molar-refractivity contribution in [2.24, 2.45) is 4.99 Å². The van der Waals surface area contributed by atoms with Gasteiger partial charge in [-0.25, -0.2) is 0 Å². The van der Waals surface area contributed by atoms with E-state index in [0.29, 0.717) is 26.4 Å². The molecular formula is C18H32IN3O2S. The standard InChI is InChI=1S/C18H31N3O2S.HI/c1-5-22-10-11-23-17-13-15(2)7-8-16(17)14-21-18(19-3)20-9-6-12-24-4;/h7-8,13H,5-6,9-12,14H2,1-4H3,(H2,19,20,21);1H. The lowest BCUT2D eigenvalue weighted by Gasteiger charge is -2.15. The number of benzene rings is 1. The third-order valence-corrected chi connectivity index (χ3v) is 4.10. The van der Waals surface area contributed by atoms with Crippen LogP contribution in [-0.4, -0.2) is 51.4 Å². The largest absolute Gasteiger partial charge is 0.491 e. The van der Waals surface area contributed by atoms with E-state index >= 15 is 0 Å². The summed E-state index contributed by atoms with van der Waals surface area (Å²) < 4.78 is 11.2. The van der Waals surface area contributed by atoms with Gasteiger partial charge in [-0.15, -0.1) is 24.0 Å². The smallest absolute Gasteiger partial charge is 0.191 e. The molecular weight excluding hydrogens is 449 g/mol. The van der Waals surface area contributed by atoms with Gasteiger partial charge in [-0.2, -0.15) is 11.8 Å². The predicted octanol–water partition coefficient (Wildman–Crippen LogP) is 3.45. The molecule has 0 spiro atoms. The number of hydrogen-bond donors (Lipinski definition) is 2. The monoisotopic (exact) mass is 481 g/mol. The predicted molar refractivity (Wildman–Crippen MR) is 120 cm³/mol. The number of halogens is 1. The molecule has 0 saturated heterocycles. The van der Waals surface area contributed by atoms with Crippen LogP contribution < -0.4 is 15.4 Å². The minimum absolute atomic E-state index is 0. The van der Waals surface area contributed by atoms with E-state index in [2.05, 4.69) is 47.0 Å². The first-order valence-corrected chi connectivity index (χ1v) is 9.84. The van der Waals surface area contributed by atoms with Crippen LogP contribution in [-0.2, 0) is 11.3 Å². The highest BCUT2D eigenvalue weighted by molar-refractivity contribution is 14.0. The molecule has 1 aromatic carbocycles. The van der Waals surface area contributed by atoms with Crippen molar-refractivity contribution in [1.29, 1.82) is 0 Å². The van der Waals surface area contributed by atoms with Crippen molar-refractivity contribution >= 4 is 41.7 Å². The zero-order valence-corrected chi connectivity index (χ0v) is 18.9. The summed E-state index contributed by atoms with van der Waals surface area (Å²) in [5.41, 5.74) is 2.30. The molecule has 1 aromatic rings. The van der Waals surface area contributed by atoms with Crippen molar-refractivity contribution in [2.75, 3.05) is 45.4 Å². The number of nitrogens with one attached hydrogen (secondary N) is 2. The first kappa shape index (κ1) is 24.3. The van der Waals surface area contributed by atoms with Crippen LogP contribution in [0.2, 0.25) is 0 Å². The second kappa shape index (κ2) is 15.6. The average molecular weight is 481 g/mol. The summed E-state index contributed by atoms with van der Waals surface area (Å²) in [4.78, 5) is 4.26. The fraction of sp³-hybridized carbons (Fsp3) is 0.611. The number of guanidine groups is 1. The number of hydrogen-bond acceptors (Lipinski definition) is 4. The SMILES string of the molecule is CCOCCOc1cc(C)ccc1CNC(=NC)NCCCSC.I. The Bertz CT molecular complexity index is 501. The zero-order valence-electron chi connectivity index (χ0n) is 15.8. The van der Waals surface area contributed by atoms with E-state index in [-0.39, 0.29) is 24.0 Å². The Balaban J connectivity index is 0.00000576. The van der Waals surface area contributed by atoms with Crippen LogP contribution in [0.5, 0.6) is 5.75 Å². The number of thioether (sulfide) groups is 1. The maximum Gasteiger partial charge on any atom is 0.191 e. The number of rotatable bonds is 11. The van der Waals surface area contributed by atoms with E-state index < -0.39 is 0 Å². The summed E-state index contributed by atoms with van der Waals surface area (Å²) in [6, 6.07) is 6.26. The van der Waals surface area contributed by atoms with Crippen LogP contribution in [0.1, 0.15) is 24.5 Å². The first-order valence-electron chi connectivity index (χ1n) is 8.44. The van der Waals surface area contributed by atoms with Gasteiger partial charge in [-0.1, -0.05) is 12.1 Å². The second-order valence-electron chi connectivity index (χ2n) is 5.36. The highest BCUT2D eigenvalue weighted by Crippen LogP contribution is 2.20. The van der Waals surface area contributed by atoms with Gasteiger partial charge in [0.15, 0.2) is 5.96 Å². The molecule has 0 atom stereocenters. The van der Waals surface area contributed by atoms with E-state index in [4.69, 9.17) is 9.47 Å². The van der Waals surface area contributed by atoms with E-state index in [0.717, 1.165) is 36.0 Å². The molecule has 1 rings (SSSR count). The maximum atomic E-state index is 5.87. The van der Waals surface area contributed by atoms with Gasteiger partial charge in [0.2, 0.25) is 0 Å². The summed E-state index contributed by atoms with van der Waals surface area (Å²) >= 11 is 1.86. The number of aliphatic imine (C=N–C) groups is 1. The van der Waals surface area contributed by atoms with Gasteiger partial charge in [-0.05, 0) is 43.9 Å². The molecule has 7 heteroatoms. The molecule has 0 fully saturated rings. The molecule has 0 aliphatic carbocycles. The minimum atomic E-state index is 0. The fourth-order valence-electron chi connectivity index (χ4n) is 2.12. The summed E-state index contributed by atoms with van der Waals surface area (Å²) in [5.74, 6) is 2.87. The summed E-state index contributed by atoms with van der Waals surface area (Å²) in [6.45, 7) is 7.53. The highest BCUT2D eigenvalue weighted by Gasteiger charge is 2.06. The Morgan fingerprint density at radius 3 is 2.72 bits per heavy atom. The van der Waals surface area contributed by atoms with E-state index in [1.54, 1.807) is 7.05 Å². The van der Waals surface area contributed by atoms with Crippen LogP contribution in [0, 0.1) is 6.92 Å². The van der Waals surface area contributed by atoms with Crippen molar-refractivity contribution in [3.63, 3.8) is 0 Å². The molecule has 5 nitrogen and oxygen atoms in total. The third kappa shape index (κ3) is 10.8. The quantitative estimate of drug-likeness (QED) is 0.220. The van der Waals surface area contributed by atoms with Crippen molar-refractivity contribution in [3.05, 3.63) is 29.3 Å². The van der Waals surface area contributed by atoms with Gasteiger partial charge in [-0.3, -0.25) is 4.99 Å². The summed E-state index contributed by atoms with van der Waals surface area (Å²) in [5, 5.41) is 6.67. The summed E-state index contributed by atoms with van der Waals surface area (Å²) in [6.07, 6.45) is 3.25. The number of ether oxygens (including phenoxy) is 2. The normalized spacial score (nSPS) is 11.0. The van der Waals surface area contributed by atoms with Gasteiger partial charge in [0.05, 0.1) is 6.61 Å². The molecule has 144 valence electrons. The van der Waals surface area contributed by atoms with Crippen molar-refractivity contribution in [1.82, 2.24) is 10.6 Å². The van der Waals surface area contributed by atoms with Crippen LogP contribution in [0.15, 0.2) is 23.2 Å². The van der Waals surface area contributed by atoms with E-state index in [1.807, 2.05) is 18.7 Å². The molecule has 0 heterocycles. The zero-order chi connectivity index (χ0) is 17.6. The second-order valence-corrected chi connectivity index (χ2v) is 6.34. The van der Waals surface area contributed by atoms with Crippen molar-refractivity contribution in [2.45, 2.75) is 26.8 Å². The lowest BCUT2D eigenvalue weighted by atomic mass is 10.1. The molecule has 0 aromatic heterocycles. The van der Waals surface area contributed by atoms with Gasteiger partial charge in [0, 0.05) is 32.3 Å². The molecule has 25 heavy (non-hydrogen) atoms. The molecule has 2 N–H and O–H groups in total. The molecule has 0 aliphatic rings. The molecule has 0 amide bonds. The molecule has 0 aliphatic heterocycles.